The summed E-state index contributed by atoms with van der Waals surface area (Å²) in [6, 6.07) is 0. The molecule has 0 heterocycles. The van der Waals surface area contributed by atoms with Crippen molar-refractivity contribution in [2.75, 3.05) is 0 Å². The number of aliphatic hydroxyl groups excluding tert-OH is 1. The maximum absolute atomic E-state index is 8.31. The lowest BCUT2D eigenvalue weighted by atomic mass is 10.2. The third-order valence-corrected chi connectivity index (χ3v) is 0.962. The van der Waals surface area contributed by atoms with Crippen LogP contribution in [0, 0.1) is 6.92 Å². The van der Waals surface area contributed by atoms with Crippen LogP contribution in [-0.2, 0) is 0 Å². The molecule has 0 aromatic heterocycles. The molecule has 0 aliphatic heterocycles. The number of hydrogen-bond acceptors (Lipinski definition) is 2. The summed E-state index contributed by atoms with van der Waals surface area (Å²) in [5, 5.41) is 16.6. The molecule has 0 saturated carbocycles. The molecular formula is C6H13O2. The molecule has 0 aliphatic rings. The van der Waals surface area contributed by atoms with Gasteiger partial charge in [0, 0.05) is 0 Å². The Hall–Kier alpha value is -0.0800. The van der Waals surface area contributed by atoms with E-state index in [-0.39, 0.29) is 0 Å². The van der Waals surface area contributed by atoms with E-state index in [4.69, 9.17) is 10.2 Å². The molecule has 0 bridgehead atoms. The summed E-state index contributed by atoms with van der Waals surface area (Å²) in [6.07, 6.45) is 2.09. The van der Waals surface area contributed by atoms with E-state index in [0.717, 1.165) is 19.3 Å². The maximum atomic E-state index is 8.31. The maximum Gasteiger partial charge on any atom is 0.151 e. The highest BCUT2D eigenvalue weighted by Crippen LogP contribution is 1.99. The molecule has 2 N–H and O–H groups in total. The third kappa shape index (κ3) is 5.92. The van der Waals surface area contributed by atoms with E-state index in [1.165, 1.54) is 0 Å². The van der Waals surface area contributed by atoms with E-state index in [1.807, 2.05) is 0 Å². The van der Waals surface area contributed by atoms with Crippen LogP contribution in [0.1, 0.15) is 25.7 Å². The molecule has 0 fully saturated rings. The number of hydrogen-bond donors (Lipinski definition) is 2. The van der Waals surface area contributed by atoms with E-state index in [2.05, 4.69) is 6.92 Å². The third-order valence-electron chi connectivity index (χ3n) is 0.962. The van der Waals surface area contributed by atoms with Gasteiger partial charge in [0.2, 0.25) is 0 Å². The topological polar surface area (TPSA) is 40.5 Å². The Labute approximate surface area is 50.2 Å². The predicted molar refractivity (Wildman–Crippen MR) is 32.1 cm³/mol. The Balaban J connectivity index is 2.72. The lowest BCUT2D eigenvalue weighted by molar-refractivity contribution is -0.0464. The average Bonchev–Trinajstić information content (AvgIpc) is 1.66. The van der Waals surface area contributed by atoms with Gasteiger partial charge in [-0.15, -0.1) is 0 Å². The first-order chi connectivity index (χ1) is 3.77. The van der Waals surface area contributed by atoms with Gasteiger partial charge in [0.25, 0.3) is 0 Å². The minimum Gasteiger partial charge on any atom is -0.368 e. The van der Waals surface area contributed by atoms with Crippen molar-refractivity contribution in [2.24, 2.45) is 0 Å². The van der Waals surface area contributed by atoms with Crippen LogP contribution in [0.3, 0.4) is 0 Å². The van der Waals surface area contributed by atoms with Gasteiger partial charge in [0.05, 0.1) is 0 Å². The normalized spacial score (nSPS) is 10.5. The molecule has 2 nitrogen and oxygen atoms in total. The first kappa shape index (κ1) is 7.92. The van der Waals surface area contributed by atoms with Crippen LogP contribution in [0.25, 0.3) is 0 Å². The van der Waals surface area contributed by atoms with Crippen LogP contribution in [-0.4, -0.2) is 16.5 Å². The Morgan fingerprint density at radius 2 is 1.88 bits per heavy atom. The van der Waals surface area contributed by atoms with Gasteiger partial charge in [-0.25, -0.2) is 0 Å². The molecule has 49 valence electrons. The van der Waals surface area contributed by atoms with Gasteiger partial charge in [0.1, 0.15) is 0 Å². The molecule has 1 radical (unpaired) electrons. The Kier molecular flexibility index (Phi) is 5.01. The summed E-state index contributed by atoms with van der Waals surface area (Å²) < 4.78 is 0. The second-order valence-electron chi connectivity index (χ2n) is 1.83. The summed E-state index contributed by atoms with van der Waals surface area (Å²) in [7, 11) is 0. The van der Waals surface area contributed by atoms with E-state index >= 15 is 0 Å². The molecule has 2 heteroatoms. The smallest absolute Gasteiger partial charge is 0.151 e. The summed E-state index contributed by atoms with van der Waals surface area (Å²) >= 11 is 0. The second-order valence-corrected chi connectivity index (χ2v) is 1.83. The van der Waals surface area contributed by atoms with Crippen LogP contribution in [0.4, 0.5) is 0 Å². The highest BCUT2D eigenvalue weighted by atomic mass is 16.5. The second kappa shape index (κ2) is 5.06. The monoisotopic (exact) mass is 117 g/mol. The highest BCUT2D eigenvalue weighted by molar-refractivity contribution is 4.44. The Morgan fingerprint density at radius 3 is 2.25 bits per heavy atom. The molecule has 0 atom stereocenters. The van der Waals surface area contributed by atoms with Crippen molar-refractivity contribution in [3.8, 4) is 0 Å². The molecule has 0 aliphatic carbocycles. The van der Waals surface area contributed by atoms with Gasteiger partial charge in [-0.2, -0.15) is 0 Å². The van der Waals surface area contributed by atoms with Crippen LogP contribution >= 0.6 is 0 Å². The zero-order valence-corrected chi connectivity index (χ0v) is 5.01. The number of aliphatic hydroxyl groups is 2. The molecule has 0 aromatic carbocycles. The summed E-state index contributed by atoms with van der Waals surface area (Å²) in [6.45, 7) is 3.62. The number of rotatable bonds is 4. The average molecular weight is 117 g/mol. The zero-order chi connectivity index (χ0) is 6.41. The van der Waals surface area contributed by atoms with E-state index in [0.29, 0.717) is 6.42 Å². The van der Waals surface area contributed by atoms with Gasteiger partial charge < -0.3 is 10.2 Å². The van der Waals surface area contributed by atoms with Crippen molar-refractivity contribution in [3.63, 3.8) is 0 Å². The van der Waals surface area contributed by atoms with Crippen molar-refractivity contribution in [1.82, 2.24) is 0 Å². The fourth-order valence-electron chi connectivity index (χ4n) is 0.504. The van der Waals surface area contributed by atoms with Gasteiger partial charge in [0.15, 0.2) is 6.29 Å². The van der Waals surface area contributed by atoms with Crippen molar-refractivity contribution < 1.29 is 10.2 Å². The van der Waals surface area contributed by atoms with Gasteiger partial charge in [-0.1, -0.05) is 19.8 Å². The van der Waals surface area contributed by atoms with Gasteiger partial charge in [-0.05, 0) is 12.8 Å². The number of unbranched alkanes of at least 4 members (excludes halogenated alkanes) is 2. The molecule has 0 aromatic rings. The molecule has 0 spiro atoms. The minimum absolute atomic E-state index is 0.482. The zero-order valence-electron chi connectivity index (χ0n) is 5.01. The van der Waals surface area contributed by atoms with Crippen LogP contribution in [0.5, 0.6) is 0 Å². The van der Waals surface area contributed by atoms with E-state index < -0.39 is 6.29 Å². The molecule has 0 amide bonds. The lowest BCUT2D eigenvalue weighted by Gasteiger charge is -1.99. The first-order valence-electron chi connectivity index (χ1n) is 2.92. The fraction of sp³-hybridized carbons (Fsp3) is 0.833. The molecule has 0 unspecified atom stereocenters. The summed E-state index contributed by atoms with van der Waals surface area (Å²) in [5.74, 6) is 0. The largest absolute Gasteiger partial charge is 0.368 e. The Morgan fingerprint density at radius 1 is 1.25 bits per heavy atom. The SMILES string of the molecule is [CH2]CCCCC(O)O. The first-order valence-corrected chi connectivity index (χ1v) is 2.92. The fourth-order valence-corrected chi connectivity index (χ4v) is 0.504. The van der Waals surface area contributed by atoms with Crippen molar-refractivity contribution >= 4 is 0 Å². The quantitative estimate of drug-likeness (QED) is 0.420. The van der Waals surface area contributed by atoms with Crippen molar-refractivity contribution in [1.29, 1.82) is 0 Å². The summed E-state index contributed by atoms with van der Waals surface area (Å²) in [4.78, 5) is 0. The molecule has 0 rings (SSSR count). The minimum atomic E-state index is -1.12. The highest BCUT2D eigenvalue weighted by Gasteiger charge is 1.93. The standard InChI is InChI=1S/C6H13O2/c1-2-3-4-5-6(7)8/h6-8H,1-5H2. The predicted octanol–water partition coefficient (Wildman–Crippen LogP) is 0.692. The molecule has 0 saturated heterocycles. The van der Waals surface area contributed by atoms with Crippen LogP contribution in [0.15, 0.2) is 0 Å². The van der Waals surface area contributed by atoms with E-state index in [1.54, 1.807) is 0 Å². The Bertz CT molecular complexity index is 43.8. The van der Waals surface area contributed by atoms with Crippen LogP contribution in [0.2, 0.25) is 0 Å². The van der Waals surface area contributed by atoms with Gasteiger partial charge >= 0.3 is 0 Å². The lowest BCUT2D eigenvalue weighted by Crippen LogP contribution is -2.02. The van der Waals surface area contributed by atoms with Gasteiger partial charge in [-0.3, -0.25) is 0 Å². The molecular weight excluding hydrogens is 104 g/mol. The summed E-state index contributed by atoms with van der Waals surface area (Å²) in [5.41, 5.74) is 0. The van der Waals surface area contributed by atoms with Crippen LogP contribution < -0.4 is 0 Å². The van der Waals surface area contributed by atoms with Crippen molar-refractivity contribution in [2.45, 2.75) is 32.0 Å². The molecule has 8 heavy (non-hydrogen) atoms. The van der Waals surface area contributed by atoms with Crippen molar-refractivity contribution in [3.05, 3.63) is 6.92 Å². The van der Waals surface area contributed by atoms with E-state index in [9.17, 15) is 0 Å².